The summed E-state index contributed by atoms with van der Waals surface area (Å²) < 4.78 is 10.9. The molecule has 0 radical (unpaired) electrons. The Kier molecular flexibility index (Phi) is 4.95. The average molecular weight is 243 g/mol. The van der Waals surface area contributed by atoms with Crippen molar-refractivity contribution in [2.75, 3.05) is 13.2 Å². The second kappa shape index (κ2) is 5.83. The molecule has 0 saturated heterocycles. The predicted octanol–water partition coefficient (Wildman–Crippen LogP) is 1.73. The highest BCUT2D eigenvalue weighted by Gasteiger charge is 2.49. The normalized spacial score (nSPS) is 26.7. The molecule has 1 aliphatic carbocycles. The number of nitrogens with one attached hydrogen (secondary N) is 1. The van der Waals surface area contributed by atoms with Gasteiger partial charge in [0.25, 0.3) is 0 Å². The summed E-state index contributed by atoms with van der Waals surface area (Å²) in [6.45, 7) is 11.0. The quantitative estimate of drug-likeness (QED) is 0.773. The molecule has 100 valence electrons. The van der Waals surface area contributed by atoms with Gasteiger partial charge in [-0.1, -0.05) is 13.8 Å². The van der Waals surface area contributed by atoms with E-state index < -0.39 is 0 Å². The van der Waals surface area contributed by atoms with E-state index in [1.807, 2.05) is 20.8 Å². The van der Waals surface area contributed by atoms with Gasteiger partial charge in [-0.15, -0.1) is 0 Å². The molecule has 1 fully saturated rings. The molecule has 4 heteroatoms. The van der Waals surface area contributed by atoms with Crippen molar-refractivity contribution in [1.82, 2.24) is 5.32 Å². The molecule has 0 spiro atoms. The minimum absolute atomic E-state index is 0.0174. The Labute approximate surface area is 104 Å². The number of carbonyl (C=O) groups is 1. The fourth-order valence-corrected chi connectivity index (χ4v) is 2.09. The van der Waals surface area contributed by atoms with Crippen LogP contribution in [0, 0.1) is 5.41 Å². The van der Waals surface area contributed by atoms with Crippen LogP contribution in [0.2, 0.25) is 0 Å². The Morgan fingerprint density at radius 1 is 1.47 bits per heavy atom. The van der Waals surface area contributed by atoms with E-state index in [-0.39, 0.29) is 36.2 Å². The molecule has 0 bridgehead atoms. The first-order valence-corrected chi connectivity index (χ1v) is 6.40. The Balaban J connectivity index is 2.32. The van der Waals surface area contributed by atoms with Crippen LogP contribution in [0.5, 0.6) is 0 Å². The molecule has 1 aliphatic rings. The zero-order chi connectivity index (χ0) is 13.1. The van der Waals surface area contributed by atoms with E-state index in [1.54, 1.807) is 0 Å². The van der Waals surface area contributed by atoms with Crippen molar-refractivity contribution in [3.8, 4) is 0 Å². The Morgan fingerprint density at radius 2 is 2.12 bits per heavy atom. The van der Waals surface area contributed by atoms with E-state index in [1.165, 1.54) is 0 Å². The maximum Gasteiger partial charge on any atom is 0.246 e. The summed E-state index contributed by atoms with van der Waals surface area (Å²) in [6.07, 6.45) is 1.24. The van der Waals surface area contributed by atoms with E-state index in [0.717, 1.165) is 13.0 Å². The molecule has 1 N–H and O–H groups in total. The highest BCUT2D eigenvalue weighted by molar-refractivity contribution is 5.77. The first-order valence-electron chi connectivity index (χ1n) is 6.40. The summed E-state index contributed by atoms with van der Waals surface area (Å²) in [5, 5.41) is 3.01. The number of rotatable bonds is 6. The minimum atomic E-state index is -0.0354. The predicted molar refractivity (Wildman–Crippen MR) is 66.8 cm³/mol. The monoisotopic (exact) mass is 243 g/mol. The summed E-state index contributed by atoms with van der Waals surface area (Å²) in [6, 6.07) is 0.197. The van der Waals surface area contributed by atoms with Crippen LogP contribution in [0.3, 0.4) is 0 Å². The molecule has 1 amide bonds. The molecular weight excluding hydrogens is 218 g/mol. The van der Waals surface area contributed by atoms with Crippen molar-refractivity contribution in [3.63, 3.8) is 0 Å². The maximum absolute atomic E-state index is 11.6. The number of hydrogen-bond donors (Lipinski definition) is 1. The first kappa shape index (κ1) is 14.5. The molecular formula is C13H25NO3. The van der Waals surface area contributed by atoms with Gasteiger partial charge in [-0.05, 0) is 27.2 Å². The number of hydrogen-bond acceptors (Lipinski definition) is 3. The van der Waals surface area contributed by atoms with Gasteiger partial charge < -0.3 is 14.8 Å². The second-order valence-electron chi connectivity index (χ2n) is 5.48. The smallest absolute Gasteiger partial charge is 0.246 e. The molecule has 2 unspecified atom stereocenters. The molecule has 1 saturated carbocycles. The third-order valence-electron chi connectivity index (χ3n) is 3.43. The lowest BCUT2D eigenvalue weighted by atomic mass is 9.64. The molecule has 0 aliphatic heterocycles. The lowest BCUT2D eigenvalue weighted by Crippen LogP contribution is -2.62. The van der Waals surface area contributed by atoms with Crippen LogP contribution in [0.25, 0.3) is 0 Å². The minimum Gasteiger partial charge on any atom is -0.378 e. The Morgan fingerprint density at radius 3 is 2.59 bits per heavy atom. The standard InChI is InChI=1S/C13H25NO3/c1-6-16-11-7-10(13(11,4)5)14-12(15)8-17-9(2)3/h9-11H,6-8H2,1-5H3,(H,14,15). The fraction of sp³-hybridized carbons (Fsp3) is 0.923. The van der Waals surface area contributed by atoms with Gasteiger partial charge in [0.15, 0.2) is 0 Å². The van der Waals surface area contributed by atoms with Gasteiger partial charge in [0.05, 0.1) is 12.2 Å². The van der Waals surface area contributed by atoms with E-state index in [9.17, 15) is 4.79 Å². The summed E-state index contributed by atoms with van der Waals surface area (Å²) in [5.74, 6) is -0.0354. The van der Waals surface area contributed by atoms with E-state index in [2.05, 4.69) is 19.2 Å². The third kappa shape index (κ3) is 3.68. The largest absolute Gasteiger partial charge is 0.378 e. The van der Waals surface area contributed by atoms with Crippen molar-refractivity contribution in [3.05, 3.63) is 0 Å². The summed E-state index contributed by atoms with van der Waals surface area (Å²) in [7, 11) is 0. The number of carbonyl (C=O) groups excluding carboxylic acids is 1. The molecule has 0 aromatic carbocycles. The van der Waals surface area contributed by atoms with Crippen LogP contribution >= 0.6 is 0 Å². The zero-order valence-corrected chi connectivity index (χ0v) is 11.6. The Bertz CT molecular complexity index is 263. The molecule has 2 atom stereocenters. The lowest BCUT2D eigenvalue weighted by molar-refractivity contribution is -0.141. The average Bonchev–Trinajstić information content (AvgIpc) is 2.25. The molecule has 17 heavy (non-hydrogen) atoms. The van der Waals surface area contributed by atoms with Crippen LogP contribution in [-0.2, 0) is 14.3 Å². The van der Waals surface area contributed by atoms with Gasteiger partial charge in [0, 0.05) is 18.1 Å². The van der Waals surface area contributed by atoms with Crippen molar-refractivity contribution in [2.24, 2.45) is 5.41 Å². The maximum atomic E-state index is 11.6. The first-order chi connectivity index (χ1) is 7.87. The van der Waals surface area contributed by atoms with E-state index in [0.29, 0.717) is 0 Å². The second-order valence-corrected chi connectivity index (χ2v) is 5.48. The Hall–Kier alpha value is -0.610. The molecule has 0 aromatic rings. The van der Waals surface area contributed by atoms with Gasteiger partial charge in [0.2, 0.25) is 5.91 Å². The van der Waals surface area contributed by atoms with Gasteiger partial charge in [-0.25, -0.2) is 0 Å². The molecule has 0 heterocycles. The van der Waals surface area contributed by atoms with Gasteiger partial charge in [-0.2, -0.15) is 0 Å². The molecule has 0 aromatic heterocycles. The third-order valence-corrected chi connectivity index (χ3v) is 3.43. The molecule has 4 nitrogen and oxygen atoms in total. The summed E-state index contributed by atoms with van der Waals surface area (Å²) in [5.41, 5.74) is 0.0174. The SMILES string of the molecule is CCOC1CC(NC(=O)COC(C)C)C1(C)C. The van der Waals surface area contributed by atoms with Crippen molar-refractivity contribution < 1.29 is 14.3 Å². The highest BCUT2D eigenvalue weighted by atomic mass is 16.5. The van der Waals surface area contributed by atoms with Gasteiger partial charge in [-0.3, -0.25) is 4.79 Å². The highest BCUT2D eigenvalue weighted by Crippen LogP contribution is 2.42. The summed E-state index contributed by atoms with van der Waals surface area (Å²) >= 11 is 0. The number of ether oxygens (including phenoxy) is 2. The van der Waals surface area contributed by atoms with Crippen molar-refractivity contribution >= 4 is 5.91 Å². The van der Waals surface area contributed by atoms with Crippen molar-refractivity contribution in [1.29, 1.82) is 0 Å². The number of amides is 1. The van der Waals surface area contributed by atoms with Gasteiger partial charge in [0.1, 0.15) is 6.61 Å². The van der Waals surface area contributed by atoms with Crippen LogP contribution in [0.1, 0.15) is 41.0 Å². The van der Waals surface area contributed by atoms with Crippen LogP contribution in [0.4, 0.5) is 0 Å². The summed E-state index contributed by atoms with van der Waals surface area (Å²) in [4.78, 5) is 11.6. The van der Waals surface area contributed by atoms with Crippen LogP contribution in [-0.4, -0.2) is 37.4 Å². The van der Waals surface area contributed by atoms with Gasteiger partial charge >= 0.3 is 0 Å². The van der Waals surface area contributed by atoms with Crippen LogP contribution < -0.4 is 5.32 Å². The lowest BCUT2D eigenvalue weighted by Gasteiger charge is -2.51. The van der Waals surface area contributed by atoms with Crippen molar-refractivity contribution in [2.45, 2.75) is 59.3 Å². The zero-order valence-electron chi connectivity index (χ0n) is 11.6. The fourth-order valence-electron chi connectivity index (χ4n) is 2.09. The van der Waals surface area contributed by atoms with E-state index >= 15 is 0 Å². The van der Waals surface area contributed by atoms with Crippen LogP contribution in [0.15, 0.2) is 0 Å². The topological polar surface area (TPSA) is 47.6 Å². The van der Waals surface area contributed by atoms with E-state index in [4.69, 9.17) is 9.47 Å². The molecule has 1 rings (SSSR count).